The maximum atomic E-state index is 10.6. The van der Waals surface area contributed by atoms with Crippen LogP contribution in [-0.2, 0) is 0 Å². The summed E-state index contributed by atoms with van der Waals surface area (Å²) in [7, 11) is 1.34. The Labute approximate surface area is 79.3 Å². The molecule has 1 rings (SSSR count). The fraction of sp³-hybridized carbons (Fsp3) is 0.286. The number of ether oxygens (including phenoxy) is 1. The van der Waals surface area contributed by atoms with Gasteiger partial charge in [0, 0.05) is 0 Å². The van der Waals surface area contributed by atoms with Crippen molar-refractivity contribution < 1.29 is 14.6 Å². The van der Waals surface area contributed by atoms with Gasteiger partial charge >= 0.3 is 5.97 Å². The molecule has 0 saturated heterocycles. The maximum Gasteiger partial charge on any atom is 0.356 e. The van der Waals surface area contributed by atoms with Crippen LogP contribution in [0.15, 0.2) is 0 Å². The van der Waals surface area contributed by atoms with E-state index in [2.05, 4.69) is 9.97 Å². The van der Waals surface area contributed by atoms with E-state index in [9.17, 15) is 4.79 Å². The van der Waals surface area contributed by atoms with Gasteiger partial charge in [0.15, 0.2) is 10.8 Å². The van der Waals surface area contributed by atoms with E-state index in [4.69, 9.17) is 21.4 Å². The van der Waals surface area contributed by atoms with E-state index < -0.39 is 5.97 Å². The van der Waals surface area contributed by atoms with Gasteiger partial charge in [-0.2, -0.15) is 0 Å². The van der Waals surface area contributed by atoms with Gasteiger partial charge in [0.05, 0.1) is 12.8 Å². The van der Waals surface area contributed by atoms with Gasteiger partial charge in [0.2, 0.25) is 0 Å². The zero-order valence-corrected chi connectivity index (χ0v) is 7.79. The number of carbonyl (C=O) groups is 1. The summed E-state index contributed by atoms with van der Waals surface area (Å²) in [6.45, 7) is 1.52. The van der Waals surface area contributed by atoms with Crippen molar-refractivity contribution in [3.63, 3.8) is 0 Å². The van der Waals surface area contributed by atoms with Crippen molar-refractivity contribution in [2.45, 2.75) is 6.92 Å². The molecular weight excluding hydrogens is 196 g/mol. The number of carboxylic acids is 1. The molecule has 0 spiro atoms. The van der Waals surface area contributed by atoms with Gasteiger partial charge in [-0.05, 0) is 6.92 Å². The molecule has 0 aliphatic rings. The summed E-state index contributed by atoms with van der Waals surface area (Å²) >= 11 is 5.61. The van der Waals surface area contributed by atoms with Crippen LogP contribution in [0.4, 0.5) is 0 Å². The summed E-state index contributed by atoms with van der Waals surface area (Å²) < 4.78 is 4.72. The first kappa shape index (κ1) is 9.73. The Morgan fingerprint density at radius 3 is 2.62 bits per heavy atom. The number of hydrogen-bond donors (Lipinski definition) is 1. The van der Waals surface area contributed by atoms with Gasteiger partial charge < -0.3 is 9.84 Å². The SMILES string of the molecule is COc1nc(C(=O)O)c(C)nc1Cl. The van der Waals surface area contributed by atoms with Crippen LogP contribution in [0, 0.1) is 6.92 Å². The lowest BCUT2D eigenvalue weighted by molar-refractivity contribution is 0.0688. The van der Waals surface area contributed by atoms with Crippen LogP contribution in [0.2, 0.25) is 5.15 Å². The van der Waals surface area contributed by atoms with Crippen molar-refractivity contribution in [2.75, 3.05) is 7.11 Å². The average Bonchev–Trinajstić information content (AvgIpc) is 2.03. The van der Waals surface area contributed by atoms with Crippen LogP contribution in [0.5, 0.6) is 5.88 Å². The Balaban J connectivity index is 3.30. The largest absolute Gasteiger partial charge is 0.479 e. The highest BCUT2D eigenvalue weighted by Gasteiger charge is 2.14. The Morgan fingerprint density at radius 1 is 1.54 bits per heavy atom. The molecule has 0 saturated carbocycles. The molecule has 13 heavy (non-hydrogen) atoms. The molecule has 0 aliphatic carbocycles. The van der Waals surface area contributed by atoms with E-state index in [0.29, 0.717) is 0 Å². The number of methoxy groups -OCH3 is 1. The fourth-order valence-electron chi connectivity index (χ4n) is 0.809. The molecule has 0 amide bonds. The van der Waals surface area contributed by atoms with Crippen molar-refractivity contribution in [3.05, 3.63) is 16.5 Å². The molecule has 5 nitrogen and oxygen atoms in total. The Bertz CT molecular complexity index is 354. The lowest BCUT2D eigenvalue weighted by atomic mass is 10.3. The highest BCUT2D eigenvalue weighted by molar-refractivity contribution is 6.30. The summed E-state index contributed by atoms with van der Waals surface area (Å²) in [5, 5.41) is 8.74. The predicted molar refractivity (Wildman–Crippen MR) is 45.3 cm³/mol. The molecule has 1 N–H and O–H groups in total. The smallest absolute Gasteiger partial charge is 0.356 e. The molecule has 70 valence electrons. The lowest BCUT2D eigenvalue weighted by Crippen LogP contribution is -2.07. The maximum absolute atomic E-state index is 10.6. The van der Waals surface area contributed by atoms with Gasteiger partial charge in [-0.25, -0.2) is 14.8 Å². The Kier molecular flexibility index (Phi) is 2.67. The molecular formula is C7H7ClN2O3. The minimum Gasteiger partial charge on any atom is -0.479 e. The predicted octanol–water partition coefficient (Wildman–Crippen LogP) is 1.15. The summed E-state index contributed by atoms with van der Waals surface area (Å²) in [5.74, 6) is -1.13. The molecule has 1 aromatic heterocycles. The van der Waals surface area contributed by atoms with Gasteiger partial charge in [-0.1, -0.05) is 11.6 Å². The van der Waals surface area contributed by atoms with Crippen LogP contribution in [0.3, 0.4) is 0 Å². The molecule has 0 bridgehead atoms. The topological polar surface area (TPSA) is 72.3 Å². The Morgan fingerprint density at radius 2 is 2.15 bits per heavy atom. The van der Waals surface area contributed by atoms with E-state index in [1.54, 1.807) is 0 Å². The van der Waals surface area contributed by atoms with Crippen molar-refractivity contribution in [1.29, 1.82) is 0 Å². The average molecular weight is 203 g/mol. The number of halogens is 1. The molecule has 0 atom stereocenters. The first-order chi connectivity index (χ1) is 6.06. The van der Waals surface area contributed by atoms with Crippen LogP contribution >= 0.6 is 11.6 Å². The van der Waals surface area contributed by atoms with E-state index in [1.807, 2.05) is 0 Å². The number of aryl methyl sites for hydroxylation is 1. The minimum atomic E-state index is -1.15. The van der Waals surface area contributed by atoms with Crippen LogP contribution < -0.4 is 4.74 Å². The molecule has 0 aromatic carbocycles. The third-order valence-corrected chi connectivity index (χ3v) is 1.64. The molecule has 0 aliphatic heterocycles. The second kappa shape index (κ2) is 3.57. The second-order valence-corrected chi connectivity index (χ2v) is 2.62. The third kappa shape index (κ3) is 1.86. The van der Waals surface area contributed by atoms with Crippen molar-refractivity contribution in [2.24, 2.45) is 0 Å². The zero-order valence-electron chi connectivity index (χ0n) is 7.04. The second-order valence-electron chi connectivity index (χ2n) is 2.26. The highest BCUT2D eigenvalue weighted by atomic mass is 35.5. The van der Waals surface area contributed by atoms with Crippen molar-refractivity contribution >= 4 is 17.6 Å². The highest BCUT2D eigenvalue weighted by Crippen LogP contribution is 2.20. The van der Waals surface area contributed by atoms with Gasteiger partial charge in [-0.3, -0.25) is 0 Å². The standard InChI is InChI=1S/C7H7ClN2O3/c1-3-4(7(11)12)10-6(13-2)5(8)9-3/h1-2H3,(H,11,12). The fourth-order valence-corrected chi connectivity index (χ4v) is 1.06. The minimum absolute atomic E-state index is 0.0182. The summed E-state index contributed by atoms with van der Waals surface area (Å²) in [4.78, 5) is 18.0. The molecule has 1 heterocycles. The first-order valence-electron chi connectivity index (χ1n) is 3.37. The van der Waals surface area contributed by atoms with Crippen LogP contribution in [0.1, 0.15) is 16.2 Å². The van der Waals surface area contributed by atoms with Crippen LogP contribution in [0.25, 0.3) is 0 Å². The molecule has 0 fully saturated rings. The third-order valence-electron chi connectivity index (χ3n) is 1.39. The molecule has 6 heteroatoms. The monoisotopic (exact) mass is 202 g/mol. The Hall–Kier alpha value is -1.36. The van der Waals surface area contributed by atoms with E-state index in [-0.39, 0.29) is 22.4 Å². The summed E-state index contributed by atoms with van der Waals surface area (Å²) in [6, 6.07) is 0. The van der Waals surface area contributed by atoms with E-state index >= 15 is 0 Å². The van der Waals surface area contributed by atoms with Gasteiger partial charge in [0.25, 0.3) is 5.88 Å². The quantitative estimate of drug-likeness (QED) is 0.779. The first-order valence-corrected chi connectivity index (χ1v) is 3.75. The van der Waals surface area contributed by atoms with Gasteiger partial charge in [-0.15, -0.1) is 0 Å². The van der Waals surface area contributed by atoms with Gasteiger partial charge in [0.1, 0.15) is 0 Å². The number of rotatable bonds is 2. The van der Waals surface area contributed by atoms with Crippen molar-refractivity contribution in [3.8, 4) is 5.88 Å². The number of hydrogen-bond acceptors (Lipinski definition) is 4. The number of aromatic carboxylic acids is 1. The van der Waals surface area contributed by atoms with E-state index in [0.717, 1.165) is 0 Å². The normalized spacial score (nSPS) is 9.77. The summed E-state index contributed by atoms with van der Waals surface area (Å²) in [6.07, 6.45) is 0. The van der Waals surface area contributed by atoms with E-state index in [1.165, 1.54) is 14.0 Å². The lowest BCUT2D eigenvalue weighted by Gasteiger charge is -2.04. The van der Waals surface area contributed by atoms with Crippen LogP contribution in [-0.4, -0.2) is 28.2 Å². The number of nitrogens with zero attached hydrogens (tertiary/aromatic N) is 2. The number of aromatic nitrogens is 2. The zero-order chi connectivity index (χ0) is 10.0. The molecule has 1 aromatic rings. The number of carboxylic acid groups (broad SMARTS) is 1. The summed E-state index contributed by atoms with van der Waals surface area (Å²) in [5.41, 5.74) is 0.111. The molecule has 0 radical (unpaired) electrons. The molecule has 0 unspecified atom stereocenters. The van der Waals surface area contributed by atoms with Crippen molar-refractivity contribution in [1.82, 2.24) is 9.97 Å².